The first-order chi connectivity index (χ1) is 7.59. The number of hydrogen-bond acceptors (Lipinski definition) is 5. The molecular weight excluding hydrogens is 246 g/mol. The van der Waals surface area contributed by atoms with Crippen molar-refractivity contribution < 1.29 is 9.53 Å². The van der Waals surface area contributed by atoms with E-state index in [1.165, 1.54) is 11.3 Å². The summed E-state index contributed by atoms with van der Waals surface area (Å²) in [5, 5.41) is 0.385. The zero-order valence-electron chi connectivity index (χ0n) is 8.64. The van der Waals surface area contributed by atoms with Gasteiger partial charge in [0.25, 0.3) is 5.91 Å². The standard InChI is InChI=1S/C9H13N3O2S2/c10-7(13)6-8(11)16-9(15)12(6)4-5-2-1-3-14-5/h5H,1-4,11H2,(H2,10,13)/t5-/m0/s1. The molecule has 1 atom stereocenters. The van der Waals surface area contributed by atoms with Gasteiger partial charge in [-0.25, -0.2) is 0 Å². The average molecular weight is 259 g/mol. The Labute approximate surface area is 102 Å². The van der Waals surface area contributed by atoms with Gasteiger partial charge in [0.1, 0.15) is 10.7 Å². The first kappa shape index (κ1) is 11.6. The quantitative estimate of drug-likeness (QED) is 0.797. The van der Waals surface area contributed by atoms with E-state index in [4.69, 9.17) is 28.4 Å². The molecule has 0 aliphatic carbocycles. The van der Waals surface area contributed by atoms with E-state index in [2.05, 4.69) is 0 Å². The predicted molar refractivity (Wildman–Crippen MR) is 65.0 cm³/mol. The molecule has 88 valence electrons. The van der Waals surface area contributed by atoms with Crippen LogP contribution in [0.4, 0.5) is 5.00 Å². The highest BCUT2D eigenvalue weighted by molar-refractivity contribution is 7.73. The summed E-state index contributed by atoms with van der Waals surface area (Å²) in [6.45, 7) is 1.33. The minimum atomic E-state index is -0.539. The van der Waals surface area contributed by atoms with Gasteiger partial charge in [-0.1, -0.05) is 11.3 Å². The summed E-state index contributed by atoms with van der Waals surface area (Å²) in [5.74, 6) is -0.539. The molecule has 5 nitrogen and oxygen atoms in total. The van der Waals surface area contributed by atoms with Crippen LogP contribution in [0, 0.1) is 3.95 Å². The Kier molecular flexibility index (Phi) is 3.27. The summed E-state index contributed by atoms with van der Waals surface area (Å²) in [4.78, 5) is 11.3. The van der Waals surface area contributed by atoms with Crippen LogP contribution in [0.25, 0.3) is 0 Å². The van der Waals surface area contributed by atoms with Crippen LogP contribution in [0.3, 0.4) is 0 Å². The number of hydrogen-bond donors (Lipinski definition) is 2. The summed E-state index contributed by atoms with van der Waals surface area (Å²) in [6.07, 6.45) is 2.14. The van der Waals surface area contributed by atoms with Gasteiger partial charge in [0.2, 0.25) is 0 Å². The lowest BCUT2D eigenvalue weighted by Gasteiger charge is -2.12. The number of rotatable bonds is 3. The summed E-state index contributed by atoms with van der Waals surface area (Å²) < 4.78 is 7.76. The van der Waals surface area contributed by atoms with Crippen molar-refractivity contribution in [2.75, 3.05) is 12.3 Å². The van der Waals surface area contributed by atoms with Gasteiger partial charge in [-0.15, -0.1) is 0 Å². The Hall–Kier alpha value is -0.920. The number of primary amides is 1. The van der Waals surface area contributed by atoms with Gasteiger partial charge < -0.3 is 20.8 Å². The summed E-state index contributed by atoms with van der Waals surface area (Å²) in [6, 6.07) is 0. The normalized spacial score (nSPS) is 20.1. The lowest BCUT2D eigenvalue weighted by molar-refractivity contribution is 0.0921. The molecule has 1 aliphatic rings. The monoisotopic (exact) mass is 259 g/mol. The van der Waals surface area contributed by atoms with Crippen molar-refractivity contribution in [1.29, 1.82) is 0 Å². The van der Waals surface area contributed by atoms with Crippen molar-refractivity contribution in [3.8, 4) is 0 Å². The molecule has 0 spiro atoms. The number of carbonyl (C=O) groups is 1. The SMILES string of the molecule is NC(=O)c1c(N)sc(=S)n1C[C@@H]1CCCO1. The van der Waals surface area contributed by atoms with Gasteiger partial charge in [0.15, 0.2) is 3.95 Å². The first-order valence-corrected chi connectivity index (χ1v) is 6.22. The predicted octanol–water partition coefficient (Wildman–Crippen LogP) is 1.14. The maximum absolute atomic E-state index is 11.3. The number of amides is 1. The maximum atomic E-state index is 11.3. The molecule has 1 aromatic rings. The van der Waals surface area contributed by atoms with E-state index in [1.807, 2.05) is 0 Å². The van der Waals surface area contributed by atoms with Crippen LogP contribution in [0.1, 0.15) is 23.3 Å². The van der Waals surface area contributed by atoms with Crippen molar-refractivity contribution in [3.63, 3.8) is 0 Å². The number of anilines is 1. The Balaban J connectivity index is 2.31. The van der Waals surface area contributed by atoms with Crippen molar-refractivity contribution >= 4 is 34.5 Å². The van der Waals surface area contributed by atoms with Crippen molar-refractivity contribution in [2.24, 2.45) is 5.73 Å². The minimum absolute atomic E-state index is 0.110. The molecular formula is C9H13N3O2S2. The highest BCUT2D eigenvalue weighted by Crippen LogP contribution is 2.24. The highest BCUT2D eigenvalue weighted by atomic mass is 32.1. The van der Waals surface area contributed by atoms with E-state index < -0.39 is 5.91 Å². The Morgan fingerprint density at radius 1 is 1.69 bits per heavy atom. The largest absolute Gasteiger partial charge is 0.389 e. The molecule has 1 aromatic heterocycles. The molecule has 2 heterocycles. The van der Waals surface area contributed by atoms with Crippen LogP contribution in [0.5, 0.6) is 0 Å². The molecule has 0 unspecified atom stereocenters. The van der Waals surface area contributed by atoms with E-state index >= 15 is 0 Å². The van der Waals surface area contributed by atoms with Gasteiger partial charge in [-0.3, -0.25) is 4.79 Å². The third-order valence-electron chi connectivity index (χ3n) is 2.56. The fourth-order valence-corrected chi connectivity index (χ4v) is 3.04. The molecule has 0 bridgehead atoms. The van der Waals surface area contributed by atoms with Gasteiger partial charge in [-0.2, -0.15) is 0 Å². The summed E-state index contributed by atoms with van der Waals surface area (Å²) in [7, 11) is 0. The van der Waals surface area contributed by atoms with Gasteiger partial charge >= 0.3 is 0 Å². The number of nitrogens with zero attached hydrogens (tertiary/aromatic N) is 1. The van der Waals surface area contributed by atoms with E-state index in [0.29, 0.717) is 21.2 Å². The summed E-state index contributed by atoms with van der Waals surface area (Å²) >= 11 is 6.36. The van der Waals surface area contributed by atoms with E-state index in [-0.39, 0.29) is 6.10 Å². The molecule has 1 aliphatic heterocycles. The van der Waals surface area contributed by atoms with Crippen molar-refractivity contribution in [2.45, 2.75) is 25.5 Å². The van der Waals surface area contributed by atoms with E-state index in [9.17, 15) is 4.79 Å². The summed E-state index contributed by atoms with van der Waals surface area (Å²) in [5.41, 5.74) is 11.3. The fourth-order valence-electron chi connectivity index (χ4n) is 1.83. The Morgan fingerprint density at radius 3 is 3.00 bits per heavy atom. The topological polar surface area (TPSA) is 83.3 Å². The molecule has 2 rings (SSSR count). The average Bonchev–Trinajstić information content (AvgIpc) is 2.76. The first-order valence-electron chi connectivity index (χ1n) is 5.00. The number of aromatic nitrogens is 1. The number of ether oxygens (including phenoxy) is 1. The van der Waals surface area contributed by atoms with Crippen LogP contribution in [0.2, 0.25) is 0 Å². The molecule has 0 radical (unpaired) electrons. The molecule has 7 heteroatoms. The fraction of sp³-hybridized carbons (Fsp3) is 0.556. The molecule has 1 amide bonds. The van der Waals surface area contributed by atoms with Crippen molar-refractivity contribution in [1.82, 2.24) is 4.57 Å². The lowest BCUT2D eigenvalue weighted by atomic mass is 10.2. The Bertz CT molecular complexity index is 460. The number of nitrogen functional groups attached to an aromatic ring is 1. The van der Waals surface area contributed by atoms with E-state index in [1.54, 1.807) is 4.57 Å². The molecule has 0 saturated carbocycles. The van der Waals surface area contributed by atoms with Crippen LogP contribution >= 0.6 is 23.6 Å². The molecule has 4 N–H and O–H groups in total. The van der Waals surface area contributed by atoms with Crippen LogP contribution in [-0.4, -0.2) is 23.2 Å². The second kappa shape index (κ2) is 4.52. The Morgan fingerprint density at radius 2 is 2.44 bits per heavy atom. The highest BCUT2D eigenvalue weighted by Gasteiger charge is 2.21. The smallest absolute Gasteiger partial charge is 0.268 e. The minimum Gasteiger partial charge on any atom is -0.389 e. The number of thiazole rings is 1. The number of carbonyl (C=O) groups excluding carboxylic acids is 1. The number of nitrogens with two attached hydrogens (primary N) is 2. The molecule has 16 heavy (non-hydrogen) atoms. The van der Waals surface area contributed by atoms with Crippen molar-refractivity contribution in [3.05, 3.63) is 9.65 Å². The van der Waals surface area contributed by atoms with Crippen LogP contribution in [-0.2, 0) is 11.3 Å². The maximum Gasteiger partial charge on any atom is 0.268 e. The van der Waals surface area contributed by atoms with Gasteiger partial charge in [0.05, 0.1) is 12.6 Å². The van der Waals surface area contributed by atoms with Crippen LogP contribution in [0.15, 0.2) is 0 Å². The second-order valence-corrected chi connectivity index (χ2v) is 5.37. The van der Waals surface area contributed by atoms with Gasteiger partial charge in [-0.05, 0) is 25.1 Å². The molecule has 1 saturated heterocycles. The van der Waals surface area contributed by atoms with Crippen LogP contribution < -0.4 is 11.5 Å². The third-order valence-corrected chi connectivity index (χ3v) is 3.84. The third kappa shape index (κ3) is 2.11. The second-order valence-electron chi connectivity index (χ2n) is 3.69. The lowest BCUT2D eigenvalue weighted by Crippen LogP contribution is -2.23. The molecule has 0 aromatic carbocycles. The zero-order valence-corrected chi connectivity index (χ0v) is 10.3. The van der Waals surface area contributed by atoms with Gasteiger partial charge in [0, 0.05) is 6.61 Å². The van der Waals surface area contributed by atoms with E-state index in [0.717, 1.165) is 19.4 Å². The zero-order chi connectivity index (χ0) is 11.7. The molecule has 1 fully saturated rings.